The molecule has 7 nitrogen and oxygen atoms in total. The number of ether oxygens (including phenoxy) is 1. The summed E-state index contributed by atoms with van der Waals surface area (Å²) in [5.41, 5.74) is 2.63. The fourth-order valence-corrected chi connectivity index (χ4v) is 3.47. The van der Waals surface area contributed by atoms with E-state index < -0.39 is 0 Å². The minimum atomic E-state index is -0.311. The van der Waals surface area contributed by atoms with Crippen molar-refractivity contribution in [1.82, 2.24) is 15.2 Å². The highest BCUT2D eigenvalue weighted by Gasteiger charge is 2.18. The SMILES string of the molecule is O=C1NCCN1CCNc1cc(CCO)cc(-c2ccc(Oc3ccc(F)cc3)cc2)n1. The number of aliphatic hydroxyl groups excluding tert-OH is 1. The average Bonchev–Trinajstić information content (AvgIpc) is 3.21. The number of aliphatic hydroxyl groups is 1. The molecule has 0 bridgehead atoms. The Morgan fingerprint density at radius 2 is 1.81 bits per heavy atom. The molecule has 4 rings (SSSR count). The van der Waals surface area contributed by atoms with Gasteiger partial charge in [-0.15, -0.1) is 0 Å². The Morgan fingerprint density at radius 1 is 1.09 bits per heavy atom. The van der Waals surface area contributed by atoms with Crippen LogP contribution in [0.15, 0.2) is 60.7 Å². The zero-order valence-electron chi connectivity index (χ0n) is 17.6. The second-order valence-electron chi connectivity index (χ2n) is 7.45. The van der Waals surface area contributed by atoms with E-state index in [9.17, 15) is 14.3 Å². The van der Waals surface area contributed by atoms with Crippen LogP contribution in [0.5, 0.6) is 11.5 Å². The van der Waals surface area contributed by atoms with Crippen molar-refractivity contribution >= 4 is 11.8 Å². The number of hydrogen-bond acceptors (Lipinski definition) is 5. The second-order valence-corrected chi connectivity index (χ2v) is 7.45. The molecular weight excluding hydrogens is 411 g/mol. The van der Waals surface area contributed by atoms with Gasteiger partial charge in [-0.25, -0.2) is 14.2 Å². The molecule has 8 heteroatoms. The number of rotatable bonds is 9. The molecule has 2 heterocycles. The summed E-state index contributed by atoms with van der Waals surface area (Å²) in [6, 6.07) is 17.1. The topological polar surface area (TPSA) is 86.7 Å². The van der Waals surface area contributed by atoms with Crippen molar-refractivity contribution in [3.63, 3.8) is 0 Å². The summed E-state index contributed by atoms with van der Waals surface area (Å²) < 4.78 is 18.8. The summed E-state index contributed by atoms with van der Waals surface area (Å²) in [6.07, 6.45) is 0.518. The molecule has 166 valence electrons. The molecule has 0 spiro atoms. The van der Waals surface area contributed by atoms with Gasteiger partial charge in [0, 0.05) is 38.3 Å². The van der Waals surface area contributed by atoms with Gasteiger partial charge in [-0.05, 0) is 72.6 Å². The zero-order chi connectivity index (χ0) is 22.3. The molecule has 1 aliphatic heterocycles. The van der Waals surface area contributed by atoms with Crippen molar-refractivity contribution in [3.05, 3.63) is 72.0 Å². The predicted molar refractivity (Wildman–Crippen MR) is 120 cm³/mol. The first-order valence-corrected chi connectivity index (χ1v) is 10.5. The molecule has 3 N–H and O–H groups in total. The first-order valence-electron chi connectivity index (χ1n) is 10.5. The Labute approximate surface area is 185 Å². The number of halogens is 1. The lowest BCUT2D eigenvalue weighted by molar-refractivity contribution is 0.219. The molecule has 2 amide bonds. The maximum atomic E-state index is 13.1. The van der Waals surface area contributed by atoms with Gasteiger partial charge in [-0.3, -0.25) is 0 Å². The van der Waals surface area contributed by atoms with Gasteiger partial charge in [0.05, 0.1) is 5.69 Å². The quantitative estimate of drug-likeness (QED) is 0.477. The van der Waals surface area contributed by atoms with E-state index in [0.29, 0.717) is 49.9 Å². The number of carbonyl (C=O) groups excluding carboxylic acids is 1. The number of aromatic nitrogens is 1. The first kappa shape index (κ1) is 21.6. The molecule has 0 atom stereocenters. The van der Waals surface area contributed by atoms with E-state index >= 15 is 0 Å². The number of hydrogen-bond donors (Lipinski definition) is 3. The van der Waals surface area contributed by atoms with Crippen LogP contribution in [-0.4, -0.2) is 53.8 Å². The number of carbonyl (C=O) groups is 1. The summed E-state index contributed by atoms with van der Waals surface area (Å²) in [4.78, 5) is 18.1. The third-order valence-corrected chi connectivity index (χ3v) is 5.12. The summed E-state index contributed by atoms with van der Waals surface area (Å²) in [7, 11) is 0. The number of amides is 2. The molecule has 32 heavy (non-hydrogen) atoms. The maximum Gasteiger partial charge on any atom is 0.317 e. The van der Waals surface area contributed by atoms with Crippen LogP contribution in [0.2, 0.25) is 0 Å². The summed E-state index contributed by atoms with van der Waals surface area (Å²) in [5.74, 6) is 1.57. The van der Waals surface area contributed by atoms with Crippen LogP contribution in [0, 0.1) is 5.82 Å². The fraction of sp³-hybridized carbons (Fsp3) is 0.250. The van der Waals surface area contributed by atoms with Crippen molar-refractivity contribution in [3.8, 4) is 22.8 Å². The minimum Gasteiger partial charge on any atom is -0.457 e. The molecule has 1 aliphatic rings. The van der Waals surface area contributed by atoms with Gasteiger partial charge in [0.1, 0.15) is 23.1 Å². The Hall–Kier alpha value is -3.65. The van der Waals surface area contributed by atoms with Crippen LogP contribution in [0.3, 0.4) is 0 Å². The van der Waals surface area contributed by atoms with Gasteiger partial charge in [0.15, 0.2) is 0 Å². The molecule has 0 saturated carbocycles. The van der Waals surface area contributed by atoms with Crippen LogP contribution >= 0.6 is 0 Å². The van der Waals surface area contributed by atoms with Crippen LogP contribution in [0.1, 0.15) is 5.56 Å². The number of pyridine rings is 1. The Kier molecular flexibility index (Phi) is 6.81. The molecule has 2 aromatic carbocycles. The summed E-state index contributed by atoms with van der Waals surface area (Å²) >= 11 is 0. The molecule has 0 radical (unpaired) electrons. The van der Waals surface area contributed by atoms with E-state index in [0.717, 1.165) is 16.8 Å². The normalized spacial score (nSPS) is 13.2. The summed E-state index contributed by atoms with van der Waals surface area (Å²) in [6.45, 7) is 2.58. The van der Waals surface area contributed by atoms with Crippen molar-refractivity contribution < 1.29 is 19.0 Å². The largest absolute Gasteiger partial charge is 0.457 e. The standard InChI is InChI=1S/C24H25FN4O3/c25-19-3-7-21(8-4-19)32-20-5-1-18(2-6-20)22-15-17(9-14-30)16-23(28-22)26-10-12-29-13-11-27-24(29)31/h1-8,15-16,30H,9-14H2,(H,26,28)(H,27,31). The van der Waals surface area contributed by atoms with Gasteiger partial charge in [-0.1, -0.05) is 0 Å². The fourth-order valence-electron chi connectivity index (χ4n) is 3.47. The van der Waals surface area contributed by atoms with Crippen molar-refractivity contribution in [2.24, 2.45) is 0 Å². The van der Waals surface area contributed by atoms with Crippen molar-refractivity contribution in [2.45, 2.75) is 6.42 Å². The van der Waals surface area contributed by atoms with E-state index in [1.54, 1.807) is 17.0 Å². The van der Waals surface area contributed by atoms with E-state index in [4.69, 9.17) is 9.72 Å². The number of benzene rings is 2. The minimum absolute atomic E-state index is 0.0429. The first-order chi connectivity index (χ1) is 15.6. The Bertz CT molecular complexity index is 1060. The Morgan fingerprint density at radius 3 is 2.47 bits per heavy atom. The molecule has 1 aromatic heterocycles. The van der Waals surface area contributed by atoms with Crippen LogP contribution in [-0.2, 0) is 6.42 Å². The summed E-state index contributed by atoms with van der Waals surface area (Å²) in [5, 5.41) is 15.4. The lowest BCUT2D eigenvalue weighted by Crippen LogP contribution is -2.32. The molecule has 1 saturated heterocycles. The third kappa shape index (κ3) is 5.53. The van der Waals surface area contributed by atoms with E-state index in [1.165, 1.54) is 12.1 Å². The van der Waals surface area contributed by atoms with Crippen LogP contribution < -0.4 is 15.4 Å². The zero-order valence-corrected chi connectivity index (χ0v) is 17.6. The highest BCUT2D eigenvalue weighted by atomic mass is 19.1. The molecule has 0 unspecified atom stereocenters. The van der Waals surface area contributed by atoms with Crippen LogP contribution in [0.25, 0.3) is 11.3 Å². The maximum absolute atomic E-state index is 13.1. The van der Waals surface area contributed by atoms with E-state index in [2.05, 4.69) is 10.6 Å². The molecule has 3 aromatic rings. The highest BCUT2D eigenvalue weighted by Crippen LogP contribution is 2.27. The van der Waals surface area contributed by atoms with Crippen molar-refractivity contribution in [1.29, 1.82) is 0 Å². The van der Waals surface area contributed by atoms with E-state index in [1.807, 2.05) is 36.4 Å². The van der Waals surface area contributed by atoms with Crippen molar-refractivity contribution in [2.75, 3.05) is 38.1 Å². The van der Waals surface area contributed by atoms with Crippen LogP contribution in [0.4, 0.5) is 15.0 Å². The van der Waals surface area contributed by atoms with Gasteiger partial charge in [0.2, 0.25) is 0 Å². The van der Waals surface area contributed by atoms with E-state index in [-0.39, 0.29) is 18.5 Å². The average molecular weight is 436 g/mol. The monoisotopic (exact) mass is 436 g/mol. The second kappa shape index (κ2) is 10.1. The third-order valence-electron chi connectivity index (χ3n) is 5.12. The lowest BCUT2D eigenvalue weighted by Gasteiger charge is -2.15. The molecular formula is C24H25FN4O3. The number of nitrogens with one attached hydrogen (secondary N) is 2. The smallest absolute Gasteiger partial charge is 0.317 e. The van der Waals surface area contributed by atoms with Gasteiger partial charge in [0.25, 0.3) is 0 Å². The molecule has 1 fully saturated rings. The van der Waals surface area contributed by atoms with Gasteiger partial charge >= 0.3 is 6.03 Å². The number of nitrogens with zero attached hydrogens (tertiary/aromatic N) is 2. The number of urea groups is 1. The lowest BCUT2D eigenvalue weighted by atomic mass is 10.1. The predicted octanol–water partition coefficient (Wildman–Crippen LogP) is 3.65. The number of anilines is 1. The van der Waals surface area contributed by atoms with Gasteiger partial charge < -0.3 is 25.4 Å². The molecule has 0 aliphatic carbocycles. The Balaban J connectivity index is 1.46. The van der Waals surface area contributed by atoms with Gasteiger partial charge in [-0.2, -0.15) is 0 Å². The highest BCUT2D eigenvalue weighted by molar-refractivity contribution is 5.76.